The summed E-state index contributed by atoms with van der Waals surface area (Å²) < 4.78 is 11.8. The first kappa shape index (κ1) is 19.8. The Kier molecular flexibility index (Phi) is 6.10. The van der Waals surface area contributed by atoms with Crippen LogP contribution in [-0.2, 0) is 10.5 Å². The molecule has 1 aliphatic rings. The number of hydrogen-bond donors (Lipinski definition) is 0. The molecule has 1 aromatic carbocycles. The Labute approximate surface area is 176 Å². The standard InChI is InChI=1S/C19H21N5O3S2/c1-3-16(25)24(12-9-10-12)18-21-22-19(29-18)28-11-15-20-17(23-27-15)13-7-5-6-8-14(13)26-4-2/h5-8,12H,3-4,9-11H2,1-2H3. The molecule has 1 fully saturated rings. The molecule has 0 saturated heterocycles. The fourth-order valence-corrected chi connectivity index (χ4v) is 4.57. The van der Waals surface area contributed by atoms with Crippen LogP contribution in [0, 0.1) is 0 Å². The molecule has 4 rings (SSSR count). The topological polar surface area (TPSA) is 94.2 Å². The average molecular weight is 432 g/mol. The third kappa shape index (κ3) is 4.59. The number of carbonyl (C=O) groups is 1. The Bertz CT molecular complexity index is 986. The molecule has 1 aliphatic carbocycles. The summed E-state index contributed by atoms with van der Waals surface area (Å²) in [4.78, 5) is 18.5. The van der Waals surface area contributed by atoms with Gasteiger partial charge in [0, 0.05) is 12.5 Å². The molecular formula is C19H21N5O3S2. The smallest absolute Gasteiger partial charge is 0.237 e. The van der Waals surface area contributed by atoms with Crippen LogP contribution in [0.15, 0.2) is 33.1 Å². The molecule has 0 aliphatic heterocycles. The average Bonchev–Trinajstić information content (AvgIpc) is 3.26. The lowest BCUT2D eigenvalue weighted by atomic mass is 10.2. The molecule has 10 heteroatoms. The molecule has 29 heavy (non-hydrogen) atoms. The van der Waals surface area contributed by atoms with Gasteiger partial charge in [0.15, 0.2) is 4.34 Å². The highest BCUT2D eigenvalue weighted by atomic mass is 32.2. The lowest BCUT2D eigenvalue weighted by Gasteiger charge is -2.17. The molecule has 2 aromatic heterocycles. The molecule has 0 N–H and O–H groups in total. The zero-order chi connectivity index (χ0) is 20.2. The minimum Gasteiger partial charge on any atom is -0.493 e. The van der Waals surface area contributed by atoms with E-state index in [1.54, 1.807) is 4.90 Å². The van der Waals surface area contributed by atoms with Crippen molar-refractivity contribution in [2.45, 2.75) is 49.2 Å². The zero-order valence-electron chi connectivity index (χ0n) is 16.2. The number of thioether (sulfide) groups is 1. The van der Waals surface area contributed by atoms with Crippen LogP contribution in [0.2, 0.25) is 0 Å². The van der Waals surface area contributed by atoms with Crippen molar-refractivity contribution in [2.24, 2.45) is 0 Å². The highest BCUT2D eigenvalue weighted by Crippen LogP contribution is 2.37. The quantitative estimate of drug-likeness (QED) is 0.368. The summed E-state index contributed by atoms with van der Waals surface area (Å²) in [6.07, 6.45) is 2.52. The van der Waals surface area contributed by atoms with Gasteiger partial charge in [-0.25, -0.2) is 0 Å². The number of amides is 1. The van der Waals surface area contributed by atoms with E-state index in [-0.39, 0.29) is 11.9 Å². The second kappa shape index (κ2) is 8.91. The molecule has 0 atom stereocenters. The molecule has 152 valence electrons. The largest absolute Gasteiger partial charge is 0.493 e. The van der Waals surface area contributed by atoms with Gasteiger partial charge >= 0.3 is 0 Å². The first-order chi connectivity index (χ1) is 14.2. The summed E-state index contributed by atoms with van der Waals surface area (Å²) in [6, 6.07) is 7.88. The maximum atomic E-state index is 12.2. The Morgan fingerprint density at radius 3 is 2.90 bits per heavy atom. The number of nitrogens with zero attached hydrogens (tertiary/aromatic N) is 5. The first-order valence-electron chi connectivity index (χ1n) is 9.52. The number of rotatable bonds is 9. The summed E-state index contributed by atoms with van der Waals surface area (Å²) in [7, 11) is 0. The normalized spacial score (nSPS) is 13.4. The van der Waals surface area contributed by atoms with Gasteiger partial charge in [-0.3, -0.25) is 9.69 Å². The SMILES string of the molecule is CCOc1ccccc1-c1noc(CSc2nnc(N(C(=O)CC)C3CC3)s2)n1. The van der Waals surface area contributed by atoms with E-state index >= 15 is 0 Å². The number of hydrogen-bond acceptors (Lipinski definition) is 9. The number of anilines is 1. The molecule has 0 radical (unpaired) electrons. The molecule has 0 bridgehead atoms. The molecule has 8 nitrogen and oxygen atoms in total. The predicted octanol–water partition coefficient (Wildman–Crippen LogP) is 4.18. The molecule has 3 aromatic rings. The van der Waals surface area contributed by atoms with Crippen molar-refractivity contribution in [3.8, 4) is 17.1 Å². The summed E-state index contributed by atoms with van der Waals surface area (Å²) in [5.41, 5.74) is 0.797. The van der Waals surface area contributed by atoms with Crippen molar-refractivity contribution >= 4 is 34.1 Å². The lowest BCUT2D eigenvalue weighted by Crippen LogP contribution is -2.32. The Morgan fingerprint density at radius 1 is 1.31 bits per heavy atom. The monoisotopic (exact) mass is 431 g/mol. The molecule has 2 heterocycles. The van der Waals surface area contributed by atoms with Crippen LogP contribution in [0.4, 0.5) is 5.13 Å². The number of ether oxygens (including phenoxy) is 1. The van der Waals surface area contributed by atoms with E-state index in [0.29, 0.717) is 35.6 Å². The van der Waals surface area contributed by atoms with Gasteiger partial charge in [-0.2, -0.15) is 4.98 Å². The van der Waals surface area contributed by atoms with E-state index in [9.17, 15) is 4.79 Å². The lowest BCUT2D eigenvalue weighted by molar-refractivity contribution is -0.118. The van der Waals surface area contributed by atoms with Gasteiger partial charge in [0.25, 0.3) is 0 Å². The summed E-state index contributed by atoms with van der Waals surface area (Å²) in [5.74, 6) is 2.29. The summed E-state index contributed by atoms with van der Waals surface area (Å²) >= 11 is 2.89. The van der Waals surface area contributed by atoms with Gasteiger partial charge < -0.3 is 9.26 Å². The zero-order valence-corrected chi connectivity index (χ0v) is 17.8. The molecular weight excluding hydrogens is 410 g/mol. The molecule has 0 unspecified atom stereocenters. The van der Waals surface area contributed by atoms with Gasteiger partial charge in [-0.15, -0.1) is 10.2 Å². The Hall–Kier alpha value is -2.46. The number of carbonyl (C=O) groups excluding carboxylic acids is 1. The van der Waals surface area contributed by atoms with Crippen molar-refractivity contribution in [1.29, 1.82) is 0 Å². The van der Waals surface area contributed by atoms with Crippen molar-refractivity contribution < 1.29 is 14.1 Å². The van der Waals surface area contributed by atoms with Crippen LogP contribution >= 0.6 is 23.1 Å². The number of aromatic nitrogens is 4. The van der Waals surface area contributed by atoms with Crippen LogP contribution in [0.3, 0.4) is 0 Å². The maximum Gasteiger partial charge on any atom is 0.237 e. The van der Waals surface area contributed by atoms with Crippen LogP contribution in [-0.4, -0.2) is 38.9 Å². The minimum absolute atomic E-state index is 0.0923. The van der Waals surface area contributed by atoms with Crippen molar-refractivity contribution in [2.75, 3.05) is 11.5 Å². The van der Waals surface area contributed by atoms with E-state index < -0.39 is 0 Å². The Balaban J connectivity index is 1.42. The van der Waals surface area contributed by atoms with E-state index in [1.165, 1.54) is 23.1 Å². The van der Waals surface area contributed by atoms with Crippen LogP contribution in [0.5, 0.6) is 5.75 Å². The summed E-state index contributed by atoms with van der Waals surface area (Å²) in [6.45, 7) is 4.37. The third-order valence-corrected chi connectivity index (χ3v) is 6.34. The van der Waals surface area contributed by atoms with E-state index in [1.807, 2.05) is 38.1 Å². The van der Waals surface area contributed by atoms with Gasteiger partial charge in [-0.1, -0.05) is 47.3 Å². The van der Waals surface area contributed by atoms with E-state index in [4.69, 9.17) is 9.26 Å². The van der Waals surface area contributed by atoms with Crippen LogP contribution < -0.4 is 9.64 Å². The highest BCUT2D eigenvalue weighted by molar-refractivity contribution is 8.00. The maximum absolute atomic E-state index is 12.2. The molecule has 1 saturated carbocycles. The summed E-state index contributed by atoms with van der Waals surface area (Å²) in [5, 5.41) is 13.2. The van der Waals surface area contributed by atoms with Crippen LogP contribution in [0.25, 0.3) is 11.4 Å². The van der Waals surface area contributed by atoms with Gasteiger partial charge in [-0.05, 0) is 31.9 Å². The van der Waals surface area contributed by atoms with Crippen molar-refractivity contribution in [3.63, 3.8) is 0 Å². The minimum atomic E-state index is 0.0923. The fourth-order valence-electron chi connectivity index (χ4n) is 2.81. The Morgan fingerprint density at radius 2 is 2.14 bits per heavy atom. The van der Waals surface area contributed by atoms with Crippen LogP contribution in [0.1, 0.15) is 39.0 Å². The fraction of sp³-hybridized carbons (Fsp3) is 0.421. The molecule has 0 spiro atoms. The van der Waals surface area contributed by atoms with Gasteiger partial charge in [0.1, 0.15) is 5.75 Å². The van der Waals surface area contributed by atoms with Crippen molar-refractivity contribution in [1.82, 2.24) is 20.3 Å². The number of benzene rings is 1. The second-order valence-electron chi connectivity index (χ2n) is 6.43. The number of para-hydroxylation sites is 1. The van der Waals surface area contributed by atoms with Gasteiger partial charge in [0.2, 0.25) is 22.8 Å². The first-order valence-corrected chi connectivity index (χ1v) is 11.3. The third-order valence-electron chi connectivity index (χ3n) is 4.30. The van der Waals surface area contributed by atoms with E-state index in [0.717, 1.165) is 28.5 Å². The van der Waals surface area contributed by atoms with Crippen molar-refractivity contribution in [3.05, 3.63) is 30.2 Å². The molecule has 1 amide bonds. The van der Waals surface area contributed by atoms with Gasteiger partial charge in [0.05, 0.1) is 17.9 Å². The van der Waals surface area contributed by atoms with E-state index in [2.05, 4.69) is 20.3 Å². The highest BCUT2D eigenvalue weighted by Gasteiger charge is 2.35. The predicted molar refractivity (Wildman–Crippen MR) is 111 cm³/mol. The second-order valence-corrected chi connectivity index (χ2v) is 8.61.